The van der Waals surface area contributed by atoms with E-state index in [9.17, 15) is 14.4 Å². The van der Waals surface area contributed by atoms with Crippen molar-refractivity contribution < 1.29 is 23.8 Å². The zero-order chi connectivity index (χ0) is 15.1. The van der Waals surface area contributed by atoms with Crippen LogP contribution in [-0.4, -0.2) is 23.0 Å². The van der Waals surface area contributed by atoms with Crippen LogP contribution in [0.2, 0.25) is 0 Å². The summed E-state index contributed by atoms with van der Waals surface area (Å²) in [5, 5.41) is -0.0889. The van der Waals surface area contributed by atoms with Crippen molar-refractivity contribution in [3.8, 4) is 11.5 Å². The fourth-order valence-electron chi connectivity index (χ4n) is 1.77. The number of ether oxygens (including phenoxy) is 2. The van der Waals surface area contributed by atoms with Crippen molar-refractivity contribution in [1.29, 1.82) is 0 Å². The molecule has 5 nitrogen and oxygen atoms in total. The minimum Gasteiger partial charge on any atom is -0.493 e. The second kappa shape index (κ2) is 7.27. The Hall–Kier alpha value is -1.81. The number of hydrogen-bond donors (Lipinski definition) is 2. The van der Waals surface area contributed by atoms with Crippen LogP contribution in [-0.2, 0) is 4.57 Å². The van der Waals surface area contributed by atoms with Crippen LogP contribution in [0.5, 0.6) is 11.5 Å². The molecule has 0 aliphatic heterocycles. The molecule has 0 heterocycles. The molecule has 0 spiro atoms. The zero-order valence-corrected chi connectivity index (χ0v) is 12.3. The highest BCUT2D eigenvalue weighted by Crippen LogP contribution is 2.37. The summed E-state index contributed by atoms with van der Waals surface area (Å²) >= 11 is 0. The quantitative estimate of drug-likeness (QED) is 0.606. The van der Waals surface area contributed by atoms with Gasteiger partial charge in [0.25, 0.3) is 0 Å². The minimum absolute atomic E-state index is 0.0889. The van der Waals surface area contributed by atoms with Gasteiger partial charge < -0.3 is 19.3 Å². The average Bonchev–Trinajstić information content (AvgIpc) is 2.47. The fraction of sp³-hybridized carbons (Fsp3) is 0.200. The normalized spacial score (nSPS) is 11.1. The van der Waals surface area contributed by atoms with Crippen molar-refractivity contribution in [3.63, 3.8) is 0 Å². The summed E-state index contributed by atoms with van der Waals surface area (Å²) in [5.74, 6) is 0.999. The third kappa shape index (κ3) is 4.90. The Kier molecular flexibility index (Phi) is 5.39. The molecular weight excluding hydrogens is 291 g/mol. The van der Waals surface area contributed by atoms with Crippen LogP contribution < -0.4 is 14.8 Å². The lowest BCUT2D eigenvalue weighted by Crippen LogP contribution is -2.12. The summed E-state index contributed by atoms with van der Waals surface area (Å²) in [6.07, 6.45) is 0.615. The van der Waals surface area contributed by atoms with Crippen LogP contribution in [0.25, 0.3) is 0 Å². The van der Waals surface area contributed by atoms with E-state index in [4.69, 9.17) is 9.47 Å². The van der Waals surface area contributed by atoms with Crippen LogP contribution in [0.3, 0.4) is 0 Å². The highest BCUT2D eigenvalue weighted by molar-refractivity contribution is 7.60. The third-order valence-electron chi connectivity index (χ3n) is 2.74. The van der Waals surface area contributed by atoms with E-state index in [0.717, 1.165) is 5.75 Å². The van der Waals surface area contributed by atoms with Crippen molar-refractivity contribution in [2.75, 3.05) is 13.2 Å². The van der Waals surface area contributed by atoms with Crippen LogP contribution in [0.1, 0.15) is 6.42 Å². The van der Waals surface area contributed by atoms with Gasteiger partial charge in [-0.1, -0.05) is 30.3 Å². The van der Waals surface area contributed by atoms with Gasteiger partial charge in [0, 0.05) is 6.42 Å². The topological polar surface area (TPSA) is 76.0 Å². The first-order valence-electron chi connectivity index (χ1n) is 6.53. The molecule has 2 N–H and O–H groups in total. The van der Waals surface area contributed by atoms with E-state index in [-0.39, 0.29) is 11.1 Å². The Balaban J connectivity index is 1.80. The fourth-order valence-corrected chi connectivity index (χ4v) is 2.47. The van der Waals surface area contributed by atoms with Crippen LogP contribution in [0.15, 0.2) is 54.6 Å². The molecule has 0 saturated carbocycles. The second-order valence-corrected chi connectivity index (χ2v) is 5.95. The van der Waals surface area contributed by atoms with Crippen LogP contribution >= 0.6 is 7.60 Å². The smallest absolute Gasteiger partial charge is 0.359 e. The zero-order valence-electron chi connectivity index (χ0n) is 11.4. The molecule has 2 aromatic rings. The first-order chi connectivity index (χ1) is 10.1. The van der Waals surface area contributed by atoms with Gasteiger partial charge in [-0.05, 0) is 24.3 Å². The van der Waals surface area contributed by atoms with Gasteiger partial charge >= 0.3 is 7.60 Å². The van der Waals surface area contributed by atoms with Gasteiger partial charge in [-0.15, -0.1) is 0 Å². The number of hydrogen-bond acceptors (Lipinski definition) is 3. The average molecular weight is 308 g/mol. The lowest BCUT2D eigenvalue weighted by Gasteiger charge is -2.12. The van der Waals surface area contributed by atoms with Gasteiger partial charge in [-0.25, -0.2) is 0 Å². The van der Waals surface area contributed by atoms with Crippen molar-refractivity contribution in [2.45, 2.75) is 6.42 Å². The molecule has 6 heteroatoms. The van der Waals surface area contributed by atoms with E-state index >= 15 is 0 Å². The van der Waals surface area contributed by atoms with Crippen molar-refractivity contribution >= 4 is 12.9 Å². The largest absolute Gasteiger partial charge is 0.493 e. The maximum Gasteiger partial charge on any atom is 0.359 e. The maximum atomic E-state index is 11.3. The molecule has 0 radical (unpaired) electrons. The van der Waals surface area contributed by atoms with Gasteiger partial charge in [0.05, 0.1) is 13.2 Å². The van der Waals surface area contributed by atoms with E-state index in [1.807, 2.05) is 30.3 Å². The van der Waals surface area contributed by atoms with E-state index in [1.165, 1.54) is 6.07 Å². The van der Waals surface area contributed by atoms with Crippen molar-refractivity contribution in [1.82, 2.24) is 0 Å². The standard InChI is InChI=1S/C15H17O5P/c16-21(17,18)15-10-5-4-9-14(15)20-12-6-11-19-13-7-2-1-3-8-13/h1-5,7-10H,6,11-12H2,(H2,16,17,18). The summed E-state index contributed by atoms with van der Waals surface area (Å²) in [6.45, 7) is 0.798. The predicted octanol–water partition coefficient (Wildman–Crippen LogP) is 2.34. The first-order valence-corrected chi connectivity index (χ1v) is 8.14. The molecule has 2 rings (SSSR count). The number of para-hydroxylation sites is 2. The number of rotatable bonds is 7. The van der Waals surface area contributed by atoms with E-state index in [2.05, 4.69) is 0 Å². The van der Waals surface area contributed by atoms with Gasteiger partial charge in [0.1, 0.15) is 16.8 Å². The summed E-state index contributed by atoms with van der Waals surface area (Å²) in [4.78, 5) is 18.5. The highest BCUT2D eigenvalue weighted by Gasteiger charge is 2.21. The molecule has 0 atom stereocenters. The van der Waals surface area contributed by atoms with Gasteiger partial charge in [0.15, 0.2) is 0 Å². The van der Waals surface area contributed by atoms with E-state index in [0.29, 0.717) is 19.6 Å². The predicted molar refractivity (Wildman–Crippen MR) is 80.2 cm³/mol. The molecule has 0 aromatic heterocycles. The maximum absolute atomic E-state index is 11.3. The Bertz CT molecular complexity index is 608. The van der Waals surface area contributed by atoms with Crippen molar-refractivity contribution in [3.05, 3.63) is 54.6 Å². The SMILES string of the molecule is O=P(O)(O)c1ccccc1OCCCOc1ccccc1. The molecule has 0 bridgehead atoms. The lowest BCUT2D eigenvalue weighted by molar-refractivity contribution is 0.248. The van der Waals surface area contributed by atoms with Gasteiger partial charge in [0.2, 0.25) is 0 Å². The lowest BCUT2D eigenvalue weighted by atomic mass is 10.3. The summed E-state index contributed by atoms with van der Waals surface area (Å²) in [6, 6.07) is 15.6. The van der Waals surface area contributed by atoms with Crippen LogP contribution in [0, 0.1) is 0 Å². The molecule has 2 aromatic carbocycles. The van der Waals surface area contributed by atoms with Gasteiger partial charge in [-0.2, -0.15) is 0 Å². The van der Waals surface area contributed by atoms with E-state index in [1.54, 1.807) is 18.2 Å². The van der Waals surface area contributed by atoms with Gasteiger partial charge in [-0.3, -0.25) is 4.57 Å². The third-order valence-corrected chi connectivity index (χ3v) is 3.73. The van der Waals surface area contributed by atoms with Crippen molar-refractivity contribution in [2.24, 2.45) is 0 Å². The summed E-state index contributed by atoms with van der Waals surface area (Å²) in [5.41, 5.74) is 0. The Morgan fingerprint density at radius 1 is 0.857 bits per heavy atom. The van der Waals surface area contributed by atoms with E-state index < -0.39 is 7.60 Å². The second-order valence-electron chi connectivity index (χ2n) is 4.38. The molecule has 21 heavy (non-hydrogen) atoms. The molecular formula is C15H17O5P. The molecule has 0 aliphatic rings. The molecule has 112 valence electrons. The monoisotopic (exact) mass is 308 g/mol. The molecule has 0 fully saturated rings. The molecule has 0 unspecified atom stereocenters. The molecule has 0 saturated heterocycles. The Morgan fingerprint density at radius 3 is 2.19 bits per heavy atom. The summed E-state index contributed by atoms with van der Waals surface area (Å²) in [7, 11) is -4.32. The first kappa shape index (κ1) is 15.6. The minimum atomic E-state index is -4.32. The Labute approximate surface area is 123 Å². The Morgan fingerprint density at radius 2 is 1.48 bits per heavy atom. The van der Waals surface area contributed by atoms with Crippen LogP contribution in [0.4, 0.5) is 0 Å². The molecule has 0 amide bonds. The number of benzene rings is 2. The molecule has 0 aliphatic carbocycles. The highest BCUT2D eigenvalue weighted by atomic mass is 31.2. The summed E-state index contributed by atoms with van der Waals surface area (Å²) < 4.78 is 22.3.